The maximum absolute atomic E-state index is 12.9. The van der Waals surface area contributed by atoms with Gasteiger partial charge in [-0.25, -0.2) is 4.79 Å². The molecule has 2 heterocycles. The molecule has 0 aliphatic carbocycles. The third-order valence-corrected chi connectivity index (χ3v) is 6.68. The maximum atomic E-state index is 12.9. The number of halogens is 1. The van der Waals surface area contributed by atoms with E-state index in [9.17, 15) is 14.4 Å². The summed E-state index contributed by atoms with van der Waals surface area (Å²) in [5.74, 6) is -0.611. The van der Waals surface area contributed by atoms with Gasteiger partial charge in [0.05, 0.1) is 3.79 Å². The zero-order valence-electron chi connectivity index (χ0n) is 16.1. The molecule has 1 saturated heterocycles. The molecule has 0 saturated carbocycles. The number of hydrogen-bond donors (Lipinski definition) is 2. The number of thiophene rings is 1. The molecule has 0 radical (unpaired) electrons. The number of para-hydroxylation sites is 1. The Morgan fingerprint density at radius 2 is 2.00 bits per heavy atom. The summed E-state index contributed by atoms with van der Waals surface area (Å²) < 4.78 is 0.864. The van der Waals surface area contributed by atoms with E-state index in [0.29, 0.717) is 4.88 Å². The van der Waals surface area contributed by atoms with Gasteiger partial charge < -0.3 is 10.6 Å². The molecule has 1 aromatic carbocycles. The molecular formula is C20H22BrN3O3S. The molecule has 148 valence electrons. The van der Waals surface area contributed by atoms with E-state index < -0.39 is 23.4 Å². The van der Waals surface area contributed by atoms with Gasteiger partial charge in [-0.1, -0.05) is 32.0 Å². The summed E-state index contributed by atoms with van der Waals surface area (Å²) in [6, 6.07) is 8.88. The van der Waals surface area contributed by atoms with Crippen LogP contribution in [0, 0.1) is 6.92 Å². The van der Waals surface area contributed by atoms with Crippen LogP contribution >= 0.6 is 27.3 Å². The van der Waals surface area contributed by atoms with Gasteiger partial charge in [0, 0.05) is 10.6 Å². The predicted molar refractivity (Wildman–Crippen MR) is 114 cm³/mol. The van der Waals surface area contributed by atoms with Crippen LogP contribution in [-0.2, 0) is 15.1 Å². The summed E-state index contributed by atoms with van der Waals surface area (Å²) in [4.78, 5) is 39.7. The van der Waals surface area contributed by atoms with Crippen LogP contribution in [0.3, 0.4) is 0 Å². The van der Waals surface area contributed by atoms with E-state index >= 15 is 0 Å². The molecule has 3 rings (SSSR count). The molecule has 8 heteroatoms. The first-order chi connectivity index (χ1) is 13.1. The van der Waals surface area contributed by atoms with Crippen molar-refractivity contribution in [3.05, 3.63) is 50.1 Å². The van der Waals surface area contributed by atoms with E-state index in [1.807, 2.05) is 45.0 Å². The fourth-order valence-corrected chi connectivity index (χ4v) is 4.74. The number of hydrogen-bond acceptors (Lipinski definition) is 4. The second-order valence-corrected chi connectivity index (χ2v) is 9.76. The first-order valence-electron chi connectivity index (χ1n) is 8.92. The van der Waals surface area contributed by atoms with Gasteiger partial charge in [-0.05, 0) is 59.0 Å². The van der Waals surface area contributed by atoms with E-state index in [-0.39, 0.29) is 12.5 Å². The van der Waals surface area contributed by atoms with E-state index in [4.69, 9.17) is 0 Å². The van der Waals surface area contributed by atoms with Crippen LogP contribution in [0.15, 0.2) is 34.1 Å². The molecule has 1 aliphatic heterocycles. The summed E-state index contributed by atoms with van der Waals surface area (Å²) in [6.45, 7) is 7.33. The third-order valence-electron chi connectivity index (χ3n) is 4.83. The van der Waals surface area contributed by atoms with Crippen LogP contribution in [0.4, 0.5) is 10.5 Å². The quantitative estimate of drug-likeness (QED) is 0.646. The van der Waals surface area contributed by atoms with Crippen molar-refractivity contribution in [3.8, 4) is 0 Å². The molecule has 6 nitrogen and oxygen atoms in total. The molecule has 0 bridgehead atoms. The van der Waals surface area contributed by atoms with Gasteiger partial charge in [0.2, 0.25) is 5.91 Å². The average molecular weight is 464 g/mol. The zero-order valence-corrected chi connectivity index (χ0v) is 18.5. The number of carbonyl (C=O) groups excluding carboxylic acids is 3. The Hall–Kier alpha value is -2.19. The Bertz CT molecular complexity index is 956. The molecule has 1 fully saturated rings. The monoisotopic (exact) mass is 463 g/mol. The molecule has 1 aromatic heterocycles. The van der Waals surface area contributed by atoms with Gasteiger partial charge >= 0.3 is 6.03 Å². The molecule has 4 amide bonds. The van der Waals surface area contributed by atoms with Crippen molar-refractivity contribution < 1.29 is 14.4 Å². The van der Waals surface area contributed by atoms with Crippen LogP contribution in [0.1, 0.15) is 42.7 Å². The first kappa shape index (κ1) is 20.5. The number of imide groups is 1. The van der Waals surface area contributed by atoms with Crippen molar-refractivity contribution in [2.75, 3.05) is 11.9 Å². The summed E-state index contributed by atoms with van der Waals surface area (Å²) in [6.07, 6.45) is 0. The second-order valence-electron chi connectivity index (χ2n) is 7.29. The Morgan fingerprint density at radius 3 is 2.61 bits per heavy atom. The Morgan fingerprint density at radius 1 is 1.29 bits per heavy atom. The van der Waals surface area contributed by atoms with Crippen LogP contribution in [0.2, 0.25) is 0 Å². The standard InChI is InChI=1S/C20H22BrN3O3S/c1-11(2)13-7-5-6-12(3)17(13)22-16(25)10-24-18(26)20(4,23-19(24)27)14-8-9-15(21)28-14/h5-9,11H,10H2,1-4H3,(H,22,25)(H,23,27)/t20-/m0/s1. The number of nitrogens with zero attached hydrogens (tertiary/aromatic N) is 1. The maximum Gasteiger partial charge on any atom is 0.325 e. The van der Waals surface area contributed by atoms with Gasteiger partial charge in [-0.2, -0.15) is 0 Å². The smallest absolute Gasteiger partial charge is 0.324 e. The fraction of sp³-hybridized carbons (Fsp3) is 0.350. The van der Waals surface area contributed by atoms with E-state index in [2.05, 4.69) is 26.6 Å². The molecule has 0 spiro atoms. The van der Waals surface area contributed by atoms with Gasteiger partial charge in [0.1, 0.15) is 6.54 Å². The van der Waals surface area contributed by atoms with Crippen molar-refractivity contribution in [1.29, 1.82) is 0 Å². The van der Waals surface area contributed by atoms with Gasteiger partial charge in [0.15, 0.2) is 5.54 Å². The topological polar surface area (TPSA) is 78.5 Å². The highest BCUT2D eigenvalue weighted by Gasteiger charge is 2.50. The molecule has 1 aliphatic rings. The van der Waals surface area contributed by atoms with Crippen molar-refractivity contribution >= 4 is 50.8 Å². The zero-order chi connectivity index (χ0) is 20.6. The lowest BCUT2D eigenvalue weighted by atomic mass is 9.98. The Kier molecular flexibility index (Phi) is 5.63. The normalized spacial score (nSPS) is 19.3. The SMILES string of the molecule is Cc1cccc(C(C)C)c1NC(=O)CN1C(=O)N[C@@](C)(c2ccc(Br)s2)C1=O. The van der Waals surface area contributed by atoms with E-state index in [1.54, 1.807) is 13.0 Å². The summed E-state index contributed by atoms with van der Waals surface area (Å²) in [7, 11) is 0. The number of urea groups is 1. The van der Waals surface area contributed by atoms with Crippen molar-refractivity contribution in [3.63, 3.8) is 0 Å². The highest BCUT2D eigenvalue weighted by molar-refractivity contribution is 9.11. The largest absolute Gasteiger partial charge is 0.325 e. The van der Waals surface area contributed by atoms with Gasteiger partial charge in [-0.3, -0.25) is 14.5 Å². The Labute approximate surface area is 176 Å². The number of aryl methyl sites for hydroxylation is 1. The third kappa shape index (κ3) is 3.71. The van der Waals surface area contributed by atoms with Crippen molar-refractivity contribution in [1.82, 2.24) is 10.2 Å². The molecule has 2 N–H and O–H groups in total. The number of benzene rings is 1. The van der Waals surface area contributed by atoms with Gasteiger partial charge in [-0.15, -0.1) is 11.3 Å². The minimum absolute atomic E-state index is 0.229. The number of nitrogens with one attached hydrogen (secondary N) is 2. The summed E-state index contributed by atoms with van der Waals surface area (Å²) in [5, 5.41) is 5.60. The van der Waals surface area contributed by atoms with Crippen molar-refractivity contribution in [2.24, 2.45) is 0 Å². The van der Waals surface area contributed by atoms with Crippen molar-refractivity contribution in [2.45, 2.75) is 39.2 Å². The minimum atomic E-state index is -1.17. The number of anilines is 1. The van der Waals surface area contributed by atoms with Crippen LogP contribution in [0.25, 0.3) is 0 Å². The molecule has 28 heavy (non-hydrogen) atoms. The van der Waals surface area contributed by atoms with E-state index in [1.165, 1.54) is 11.3 Å². The van der Waals surface area contributed by atoms with Crippen LogP contribution in [0.5, 0.6) is 0 Å². The Balaban J connectivity index is 1.78. The highest BCUT2D eigenvalue weighted by atomic mass is 79.9. The average Bonchev–Trinajstić information content (AvgIpc) is 3.15. The summed E-state index contributed by atoms with van der Waals surface area (Å²) >= 11 is 4.75. The number of carbonyl (C=O) groups is 3. The molecular weight excluding hydrogens is 442 g/mol. The predicted octanol–water partition coefficient (Wildman–Crippen LogP) is 4.35. The fourth-order valence-electron chi connectivity index (χ4n) is 3.26. The van der Waals surface area contributed by atoms with E-state index in [0.717, 1.165) is 25.5 Å². The lowest BCUT2D eigenvalue weighted by Crippen LogP contribution is -2.41. The first-order valence-corrected chi connectivity index (χ1v) is 10.5. The number of amides is 4. The minimum Gasteiger partial charge on any atom is -0.324 e. The lowest BCUT2D eigenvalue weighted by Gasteiger charge is -2.20. The molecule has 1 atom stereocenters. The second kappa shape index (κ2) is 7.67. The van der Waals surface area contributed by atoms with Gasteiger partial charge in [0.25, 0.3) is 5.91 Å². The van der Waals surface area contributed by atoms with Crippen LogP contribution < -0.4 is 10.6 Å². The highest BCUT2D eigenvalue weighted by Crippen LogP contribution is 2.35. The molecule has 0 unspecified atom stereocenters. The molecule has 2 aromatic rings. The lowest BCUT2D eigenvalue weighted by molar-refractivity contribution is -0.133. The number of rotatable bonds is 5. The summed E-state index contributed by atoms with van der Waals surface area (Å²) in [5.41, 5.74) is 1.52. The van der Waals surface area contributed by atoms with Crippen LogP contribution in [-0.4, -0.2) is 29.3 Å².